The van der Waals surface area contributed by atoms with Crippen LogP contribution in [0.1, 0.15) is 5.56 Å². The quantitative estimate of drug-likeness (QED) is 0.922. The molecule has 2 rings (SSSR count). The number of halogens is 2. The predicted molar refractivity (Wildman–Crippen MR) is 64.9 cm³/mol. The normalized spacial score (nSPS) is 10.5. The van der Waals surface area contributed by atoms with Crippen LogP contribution in [0.25, 0.3) is 0 Å². The molecule has 2 N–H and O–H groups in total. The smallest absolute Gasteiger partial charge is 0.141 e. The van der Waals surface area contributed by atoms with E-state index in [4.69, 9.17) is 17.3 Å². The van der Waals surface area contributed by atoms with Crippen LogP contribution < -0.4 is 5.73 Å². The Morgan fingerprint density at radius 2 is 2.27 bits per heavy atom. The molecule has 0 spiro atoms. The number of benzene rings is 1. The maximum Gasteiger partial charge on any atom is 0.141 e. The maximum absolute atomic E-state index is 6.09. The average molecular weight is 287 g/mol. The van der Waals surface area contributed by atoms with Gasteiger partial charge in [-0.25, -0.2) is 4.98 Å². The van der Waals surface area contributed by atoms with Gasteiger partial charge in [0.25, 0.3) is 0 Å². The van der Waals surface area contributed by atoms with E-state index >= 15 is 0 Å². The van der Waals surface area contributed by atoms with Gasteiger partial charge in [-0.05, 0) is 17.7 Å². The van der Waals surface area contributed by atoms with E-state index in [0.717, 1.165) is 15.1 Å². The third-order valence-electron chi connectivity index (χ3n) is 2.02. The largest absolute Gasteiger partial charge is 0.382 e. The minimum atomic E-state index is 0.517. The lowest BCUT2D eigenvalue weighted by Crippen LogP contribution is -1.97. The Morgan fingerprint density at radius 3 is 2.87 bits per heavy atom. The fraction of sp³-hybridized carbons (Fsp3) is 0.100. The van der Waals surface area contributed by atoms with Gasteiger partial charge >= 0.3 is 0 Å². The molecule has 1 aromatic heterocycles. The van der Waals surface area contributed by atoms with Crippen molar-refractivity contribution in [1.29, 1.82) is 0 Å². The number of imidazole rings is 1. The van der Waals surface area contributed by atoms with Crippen molar-refractivity contribution in [1.82, 2.24) is 9.55 Å². The molecule has 5 heteroatoms. The van der Waals surface area contributed by atoms with Crippen molar-refractivity contribution in [2.24, 2.45) is 0 Å². The van der Waals surface area contributed by atoms with E-state index in [1.807, 2.05) is 22.8 Å². The van der Waals surface area contributed by atoms with Crippen LogP contribution >= 0.6 is 27.5 Å². The number of aromatic nitrogens is 2. The fourth-order valence-electron chi connectivity index (χ4n) is 1.31. The van der Waals surface area contributed by atoms with E-state index < -0.39 is 0 Å². The summed E-state index contributed by atoms with van der Waals surface area (Å²) in [5, 5.41) is 0.733. The van der Waals surface area contributed by atoms with Crippen molar-refractivity contribution < 1.29 is 0 Å². The molecule has 0 aliphatic rings. The zero-order valence-electron chi connectivity index (χ0n) is 7.82. The molecule has 0 aliphatic carbocycles. The average Bonchev–Trinajstić information content (AvgIpc) is 2.56. The van der Waals surface area contributed by atoms with Crippen molar-refractivity contribution >= 4 is 33.3 Å². The summed E-state index contributed by atoms with van der Waals surface area (Å²) in [6, 6.07) is 5.81. The third kappa shape index (κ3) is 2.52. The first-order valence-corrected chi connectivity index (χ1v) is 5.53. The van der Waals surface area contributed by atoms with E-state index in [1.54, 1.807) is 12.5 Å². The minimum Gasteiger partial charge on any atom is -0.382 e. The fourth-order valence-corrected chi connectivity index (χ4v) is 2.04. The lowest BCUT2D eigenvalue weighted by atomic mass is 10.2. The standard InChI is InChI=1S/C10H9BrClN3/c11-8-2-1-7(9(12)3-8)4-15-5-10(13)14-6-15/h1-3,5-6H,4,13H2. The van der Waals surface area contributed by atoms with Gasteiger partial charge in [0.05, 0.1) is 12.9 Å². The number of hydrogen-bond donors (Lipinski definition) is 1. The Morgan fingerprint density at radius 1 is 1.47 bits per heavy atom. The van der Waals surface area contributed by atoms with Gasteiger partial charge < -0.3 is 10.3 Å². The molecule has 0 saturated heterocycles. The summed E-state index contributed by atoms with van der Waals surface area (Å²) in [6.45, 7) is 0.677. The zero-order valence-corrected chi connectivity index (χ0v) is 10.2. The van der Waals surface area contributed by atoms with Gasteiger partial charge in [-0.2, -0.15) is 0 Å². The molecule has 0 atom stereocenters. The number of nitrogens with two attached hydrogens (primary N) is 1. The van der Waals surface area contributed by atoms with E-state index in [1.165, 1.54) is 0 Å². The second-order valence-electron chi connectivity index (χ2n) is 3.21. The second kappa shape index (κ2) is 4.24. The van der Waals surface area contributed by atoms with E-state index in [0.29, 0.717) is 12.4 Å². The number of nitrogen functional groups attached to an aromatic ring is 1. The van der Waals surface area contributed by atoms with Gasteiger partial charge in [0.1, 0.15) is 5.82 Å². The van der Waals surface area contributed by atoms with Crippen LogP contribution in [0.15, 0.2) is 35.2 Å². The number of anilines is 1. The Hall–Kier alpha value is -1.00. The van der Waals surface area contributed by atoms with Crippen molar-refractivity contribution in [3.05, 3.63) is 45.8 Å². The molecule has 1 aromatic carbocycles. The molecule has 15 heavy (non-hydrogen) atoms. The van der Waals surface area contributed by atoms with Crippen molar-refractivity contribution in [3.63, 3.8) is 0 Å². The number of nitrogens with zero attached hydrogens (tertiary/aromatic N) is 2. The summed E-state index contributed by atoms with van der Waals surface area (Å²) in [5.74, 6) is 0.517. The highest BCUT2D eigenvalue weighted by atomic mass is 79.9. The summed E-state index contributed by atoms with van der Waals surface area (Å²) in [5.41, 5.74) is 6.56. The van der Waals surface area contributed by atoms with Gasteiger partial charge in [0.2, 0.25) is 0 Å². The molecule has 2 aromatic rings. The third-order valence-corrected chi connectivity index (χ3v) is 2.87. The number of rotatable bonds is 2. The lowest BCUT2D eigenvalue weighted by Gasteiger charge is -2.05. The Bertz CT molecular complexity index is 481. The van der Waals surface area contributed by atoms with Crippen molar-refractivity contribution in [3.8, 4) is 0 Å². The van der Waals surface area contributed by atoms with Crippen LogP contribution in [0.3, 0.4) is 0 Å². The summed E-state index contributed by atoms with van der Waals surface area (Å²) in [7, 11) is 0. The summed E-state index contributed by atoms with van der Waals surface area (Å²) in [4.78, 5) is 3.95. The number of hydrogen-bond acceptors (Lipinski definition) is 2. The molecule has 0 fully saturated rings. The van der Waals surface area contributed by atoms with Crippen LogP contribution in [-0.4, -0.2) is 9.55 Å². The molecule has 0 saturated carbocycles. The minimum absolute atomic E-state index is 0.517. The highest BCUT2D eigenvalue weighted by Gasteiger charge is 2.02. The lowest BCUT2D eigenvalue weighted by molar-refractivity contribution is 0.797. The van der Waals surface area contributed by atoms with Gasteiger partial charge in [0, 0.05) is 15.7 Å². The molecule has 0 aliphatic heterocycles. The Labute approximate surface area is 101 Å². The molecule has 1 heterocycles. The first kappa shape index (κ1) is 10.5. The van der Waals surface area contributed by atoms with Crippen molar-refractivity contribution in [2.45, 2.75) is 6.54 Å². The highest BCUT2D eigenvalue weighted by molar-refractivity contribution is 9.10. The summed E-state index contributed by atoms with van der Waals surface area (Å²) in [6.07, 6.45) is 3.46. The predicted octanol–water partition coefficient (Wildman–Crippen LogP) is 2.93. The maximum atomic E-state index is 6.09. The summed E-state index contributed by atoms with van der Waals surface area (Å²) < 4.78 is 2.87. The Balaban J connectivity index is 2.24. The molecular formula is C10H9BrClN3. The van der Waals surface area contributed by atoms with Crippen LogP contribution in [-0.2, 0) is 6.54 Å². The molecule has 0 radical (unpaired) electrons. The van der Waals surface area contributed by atoms with Crippen LogP contribution in [0.5, 0.6) is 0 Å². The molecule has 0 unspecified atom stereocenters. The van der Waals surface area contributed by atoms with E-state index in [9.17, 15) is 0 Å². The Kier molecular flexibility index (Phi) is 2.98. The molecule has 0 bridgehead atoms. The highest BCUT2D eigenvalue weighted by Crippen LogP contribution is 2.22. The second-order valence-corrected chi connectivity index (χ2v) is 4.53. The van der Waals surface area contributed by atoms with Crippen molar-refractivity contribution in [2.75, 3.05) is 5.73 Å². The van der Waals surface area contributed by atoms with Gasteiger partial charge in [0.15, 0.2) is 0 Å². The topological polar surface area (TPSA) is 43.8 Å². The first-order chi connectivity index (χ1) is 7.15. The van der Waals surface area contributed by atoms with Crippen LogP contribution in [0.4, 0.5) is 5.82 Å². The summed E-state index contributed by atoms with van der Waals surface area (Å²) >= 11 is 9.45. The first-order valence-electron chi connectivity index (χ1n) is 4.36. The molecular weight excluding hydrogens is 277 g/mol. The molecule has 0 amide bonds. The van der Waals surface area contributed by atoms with Crippen LogP contribution in [0, 0.1) is 0 Å². The molecule has 78 valence electrons. The molecule has 3 nitrogen and oxygen atoms in total. The van der Waals surface area contributed by atoms with Crippen LogP contribution in [0.2, 0.25) is 5.02 Å². The van der Waals surface area contributed by atoms with E-state index in [2.05, 4.69) is 20.9 Å². The van der Waals surface area contributed by atoms with Gasteiger partial charge in [-0.1, -0.05) is 33.6 Å². The van der Waals surface area contributed by atoms with E-state index in [-0.39, 0.29) is 0 Å². The SMILES string of the molecule is Nc1cn(Cc2ccc(Br)cc2Cl)cn1. The zero-order chi connectivity index (χ0) is 10.8. The monoisotopic (exact) mass is 285 g/mol. The van der Waals surface area contributed by atoms with Gasteiger partial charge in [-0.15, -0.1) is 0 Å². The van der Waals surface area contributed by atoms with Gasteiger partial charge in [-0.3, -0.25) is 0 Å².